The first-order chi connectivity index (χ1) is 15.2. The van der Waals surface area contributed by atoms with Crippen LogP contribution in [0.1, 0.15) is 58.2 Å². The van der Waals surface area contributed by atoms with Gasteiger partial charge in [0, 0.05) is 29.4 Å². The summed E-state index contributed by atoms with van der Waals surface area (Å²) in [6.07, 6.45) is 6.16. The van der Waals surface area contributed by atoms with E-state index in [1.807, 2.05) is 23.1 Å². The number of nitrogens with one attached hydrogen (secondary N) is 1. The van der Waals surface area contributed by atoms with Crippen LogP contribution in [0.3, 0.4) is 0 Å². The molecule has 0 bridgehead atoms. The van der Waals surface area contributed by atoms with E-state index in [9.17, 15) is 9.59 Å². The predicted molar refractivity (Wildman–Crippen MR) is 122 cm³/mol. The molecule has 0 radical (unpaired) electrons. The molecule has 1 atom stereocenters. The number of amides is 1. The molecule has 4 aromatic rings. The number of fused-ring (bicyclic) bond motifs is 4. The number of benzene rings is 1. The Bertz CT molecular complexity index is 1370. The van der Waals surface area contributed by atoms with E-state index in [4.69, 9.17) is 4.98 Å². The zero-order valence-corrected chi connectivity index (χ0v) is 18.5. The number of piperidine rings is 1. The molecule has 1 fully saturated rings. The minimum Gasteiger partial charge on any atom is -0.338 e. The van der Waals surface area contributed by atoms with Gasteiger partial charge in [0.25, 0.3) is 11.5 Å². The van der Waals surface area contributed by atoms with Gasteiger partial charge in [0.15, 0.2) is 0 Å². The molecular weight excluding hydrogens is 430 g/mol. The molecule has 1 aliphatic carbocycles. The summed E-state index contributed by atoms with van der Waals surface area (Å²) in [5, 5.41) is 0.789. The van der Waals surface area contributed by atoms with E-state index in [2.05, 4.69) is 13.7 Å². The van der Waals surface area contributed by atoms with Crippen molar-refractivity contribution in [2.45, 2.75) is 44.4 Å². The smallest absolute Gasteiger partial charge is 0.259 e. The minimum atomic E-state index is -0.0238. The van der Waals surface area contributed by atoms with Crippen LogP contribution in [-0.2, 0) is 12.8 Å². The maximum absolute atomic E-state index is 13.1. The Morgan fingerprint density at radius 1 is 1.13 bits per heavy atom. The monoisotopic (exact) mass is 451 g/mol. The Hall–Kier alpha value is -2.65. The fraction of sp³-hybridized carbons (Fsp3) is 0.409. The van der Waals surface area contributed by atoms with Gasteiger partial charge >= 0.3 is 0 Å². The Labute approximate surface area is 186 Å². The van der Waals surface area contributed by atoms with Crippen molar-refractivity contribution in [1.29, 1.82) is 0 Å². The quantitative estimate of drug-likeness (QED) is 0.499. The van der Waals surface area contributed by atoms with Crippen molar-refractivity contribution < 1.29 is 4.79 Å². The number of rotatable bonds is 2. The van der Waals surface area contributed by atoms with Crippen LogP contribution < -0.4 is 5.56 Å². The molecular formula is C22H21N5O2S2. The second-order valence-corrected chi connectivity index (χ2v) is 10.0. The molecule has 0 saturated carbocycles. The molecule has 9 heteroatoms. The van der Waals surface area contributed by atoms with Crippen LogP contribution in [0, 0.1) is 0 Å². The molecule has 158 valence electrons. The van der Waals surface area contributed by atoms with E-state index in [0.717, 1.165) is 65.1 Å². The molecule has 3 aromatic heterocycles. The maximum Gasteiger partial charge on any atom is 0.259 e. The Morgan fingerprint density at radius 2 is 2.00 bits per heavy atom. The van der Waals surface area contributed by atoms with Gasteiger partial charge in [0.05, 0.1) is 17.1 Å². The second kappa shape index (κ2) is 7.49. The van der Waals surface area contributed by atoms with Gasteiger partial charge in [-0.1, -0.05) is 0 Å². The first-order valence-electron chi connectivity index (χ1n) is 10.7. The van der Waals surface area contributed by atoms with Gasteiger partial charge in [0.1, 0.15) is 21.7 Å². The van der Waals surface area contributed by atoms with Crippen molar-refractivity contribution >= 4 is 50.2 Å². The van der Waals surface area contributed by atoms with Crippen LogP contribution in [0.4, 0.5) is 0 Å². The molecule has 1 amide bonds. The average molecular weight is 452 g/mol. The average Bonchev–Trinajstić information content (AvgIpc) is 3.42. The maximum atomic E-state index is 13.1. The molecule has 1 N–H and O–H groups in total. The predicted octanol–water partition coefficient (Wildman–Crippen LogP) is 3.89. The summed E-state index contributed by atoms with van der Waals surface area (Å²) in [4.78, 5) is 38.1. The van der Waals surface area contributed by atoms with Gasteiger partial charge in [-0.2, -0.15) is 8.75 Å². The normalized spacial score (nSPS) is 19.1. The lowest BCUT2D eigenvalue weighted by molar-refractivity contribution is 0.0704. The summed E-state index contributed by atoms with van der Waals surface area (Å²) >= 11 is 2.83. The van der Waals surface area contributed by atoms with E-state index in [-0.39, 0.29) is 17.4 Å². The number of aryl methyl sites for hydroxylation is 2. The third-order valence-corrected chi connectivity index (χ3v) is 8.18. The zero-order chi connectivity index (χ0) is 20.9. The summed E-state index contributed by atoms with van der Waals surface area (Å²) in [5.41, 5.74) is 3.38. The van der Waals surface area contributed by atoms with Crippen LogP contribution in [0.15, 0.2) is 23.0 Å². The van der Waals surface area contributed by atoms with Gasteiger partial charge in [-0.05, 0) is 62.3 Å². The molecule has 1 saturated heterocycles. The Morgan fingerprint density at radius 3 is 2.94 bits per heavy atom. The molecule has 2 aliphatic rings. The summed E-state index contributed by atoms with van der Waals surface area (Å²) in [7, 11) is 0. The third kappa shape index (κ3) is 3.27. The highest BCUT2D eigenvalue weighted by Crippen LogP contribution is 2.34. The number of thiophene rings is 1. The van der Waals surface area contributed by atoms with Crippen LogP contribution in [-0.4, -0.2) is 42.6 Å². The first-order valence-corrected chi connectivity index (χ1v) is 12.3. The largest absolute Gasteiger partial charge is 0.338 e. The van der Waals surface area contributed by atoms with Crippen LogP contribution in [0.2, 0.25) is 0 Å². The number of hydrogen-bond acceptors (Lipinski definition) is 7. The van der Waals surface area contributed by atoms with Gasteiger partial charge < -0.3 is 9.88 Å². The number of nitrogens with zero attached hydrogens (tertiary/aromatic N) is 4. The number of carbonyl (C=O) groups is 1. The molecule has 0 spiro atoms. The van der Waals surface area contributed by atoms with E-state index in [1.165, 1.54) is 16.9 Å². The molecule has 31 heavy (non-hydrogen) atoms. The molecule has 1 aromatic carbocycles. The molecule has 4 heterocycles. The van der Waals surface area contributed by atoms with Crippen molar-refractivity contribution in [3.05, 3.63) is 50.4 Å². The van der Waals surface area contributed by atoms with Gasteiger partial charge in [-0.3, -0.25) is 9.59 Å². The lowest BCUT2D eigenvalue weighted by Gasteiger charge is -2.32. The molecule has 7 nitrogen and oxygen atoms in total. The summed E-state index contributed by atoms with van der Waals surface area (Å²) in [6.45, 7) is 1.27. The lowest BCUT2D eigenvalue weighted by Crippen LogP contribution is -2.39. The fourth-order valence-electron chi connectivity index (χ4n) is 4.86. The number of hydrogen-bond donors (Lipinski definition) is 1. The highest BCUT2D eigenvalue weighted by Gasteiger charge is 2.28. The van der Waals surface area contributed by atoms with Gasteiger partial charge in [-0.25, -0.2) is 4.98 Å². The standard InChI is InChI=1S/C22H21N5O2S2/c28-20-18-14-5-1-2-6-17(14)30-21(18)24-19(23-20)13-4-3-9-27(11-13)22(29)12-7-8-15-16(10-12)26-31-25-15/h7-8,10,13H,1-6,9,11H2,(H,23,24,28). The number of H-pyrrole nitrogens is 1. The summed E-state index contributed by atoms with van der Waals surface area (Å²) < 4.78 is 8.45. The highest BCUT2D eigenvalue weighted by molar-refractivity contribution is 7.18. The Balaban J connectivity index is 1.29. The summed E-state index contributed by atoms with van der Waals surface area (Å²) in [6, 6.07) is 5.48. The van der Waals surface area contributed by atoms with Crippen LogP contribution >= 0.6 is 23.1 Å². The first kappa shape index (κ1) is 19.1. The highest BCUT2D eigenvalue weighted by atomic mass is 32.1. The SMILES string of the molecule is O=C(c1ccc2nsnc2c1)N1CCCC(c2nc3sc4c(c3c(=O)[nH]2)CCCC4)C1. The Kier molecular flexibility index (Phi) is 4.61. The number of aromatic nitrogens is 4. The van der Waals surface area contributed by atoms with E-state index in [0.29, 0.717) is 24.5 Å². The van der Waals surface area contributed by atoms with E-state index >= 15 is 0 Å². The van der Waals surface area contributed by atoms with Crippen molar-refractivity contribution in [3.8, 4) is 0 Å². The summed E-state index contributed by atoms with van der Waals surface area (Å²) in [5.74, 6) is 0.751. The fourth-order valence-corrected chi connectivity index (χ4v) is 6.64. The van der Waals surface area contributed by atoms with E-state index < -0.39 is 0 Å². The van der Waals surface area contributed by atoms with Crippen molar-refractivity contribution in [3.63, 3.8) is 0 Å². The van der Waals surface area contributed by atoms with Crippen LogP contribution in [0.25, 0.3) is 21.3 Å². The minimum absolute atomic E-state index is 0.00499. The lowest BCUT2D eigenvalue weighted by atomic mass is 9.95. The van der Waals surface area contributed by atoms with Gasteiger partial charge in [-0.15, -0.1) is 11.3 Å². The number of likely N-dealkylation sites (tertiary alicyclic amines) is 1. The number of carbonyl (C=O) groups excluding carboxylic acids is 1. The van der Waals surface area contributed by atoms with Crippen molar-refractivity contribution in [2.24, 2.45) is 0 Å². The topological polar surface area (TPSA) is 91.8 Å². The molecule has 1 aliphatic heterocycles. The third-order valence-electron chi connectivity index (χ3n) is 6.44. The number of aromatic amines is 1. The van der Waals surface area contributed by atoms with Crippen molar-refractivity contribution in [1.82, 2.24) is 23.6 Å². The zero-order valence-electron chi connectivity index (χ0n) is 16.9. The van der Waals surface area contributed by atoms with Crippen molar-refractivity contribution in [2.75, 3.05) is 13.1 Å². The molecule has 6 rings (SSSR count). The van der Waals surface area contributed by atoms with Gasteiger partial charge in [0.2, 0.25) is 0 Å². The van der Waals surface area contributed by atoms with Crippen LogP contribution in [0.5, 0.6) is 0 Å². The second-order valence-electron chi connectivity index (χ2n) is 8.40. The molecule has 1 unspecified atom stereocenters. The van der Waals surface area contributed by atoms with E-state index in [1.54, 1.807) is 11.3 Å².